The van der Waals surface area contributed by atoms with Crippen molar-refractivity contribution in [2.45, 2.75) is 18.8 Å². The summed E-state index contributed by atoms with van der Waals surface area (Å²) in [6.45, 7) is 1.29. The first kappa shape index (κ1) is 13.0. The van der Waals surface area contributed by atoms with E-state index in [2.05, 4.69) is 0 Å². The van der Waals surface area contributed by atoms with Gasteiger partial charge in [0.25, 0.3) is 0 Å². The van der Waals surface area contributed by atoms with Gasteiger partial charge >= 0.3 is 0 Å². The molecule has 0 saturated heterocycles. The third kappa shape index (κ3) is 2.21. The van der Waals surface area contributed by atoms with Gasteiger partial charge < -0.3 is 14.6 Å². The number of rotatable bonds is 4. The number of hydrogen-bond acceptors (Lipinski definition) is 3. The first-order valence-corrected chi connectivity index (χ1v) is 4.67. The van der Waals surface area contributed by atoms with Gasteiger partial charge in [-0.3, -0.25) is 0 Å². The Balaban J connectivity index is 3.20. The van der Waals surface area contributed by atoms with Crippen LogP contribution in [0.15, 0.2) is 18.2 Å². The smallest absolute Gasteiger partial charge is 0.189 e. The van der Waals surface area contributed by atoms with Crippen LogP contribution in [-0.4, -0.2) is 25.6 Å². The van der Waals surface area contributed by atoms with E-state index in [-0.39, 0.29) is 5.56 Å². The number of ether oxygens (including phenoxy) is 2. The highest BCUT2D eigenvalue weighted by molar-refractivity contribution is 5.25. The predicted molar refractivity (Wildman–Crippen MR) is 53.7 cm³/mol. The van der Waals surface area contributed by atoms with Crippen molar-refractivity contribution in [3.8, 4) is 0 Å². The number of halogens is 2. The Hall–Kier alpha value is -1.04. The molecule has 1 N–H and O–H groups in total. The number of hydrogen-bond donors (Lipinski definition) is 1. The first-order valence-electron chi connectivity index (χ1n) is 4.67. The zero-order valence-electron chi connectivity index (χ0n) is 9.33. The Kier molecular flexibility index (Phi) is 3.96. The van der Waals surface area contributed by atoms with Crippen LogP contribution in [0.3, 0.4) is 0 Å². The quantitative estimate of drug-likeness (QED) is 0.804. The van der Waals surface area contributed by atoms with E-state index in [1.54, 1.807) is 0 Å². The van der Waals surface area contributed by atoms with E-state index in [4.69, 9.17) is 9.47 Å². The SMILES string of the molecule is COC(OC)C(C)(O)c1cccc(F)c1F. The zero-order valence-corrected chi connectivity index (χ0v) is 9.33. The van der Waals surface area contributed by atoms with Gasteiger partial charge in [0, 0.05) is 19.8 Å². The van der Waals surface area contributed by atoms with Gasteiger partial charge in [-0.2, -0.15) is 0 Å². The Labute approximate surface area is 92.6 Å². The van der Waals surface area contributed by atoms with Gasteiger partial charge in [-0.25, -0.2) is 8.78 Å². The summed E-state index contributed by atoms with van der Waals surface area (Å²) in [6.07, 6.45) is -1.08. The third-order valence-electron chi connectivity index (χ3n) is 2.38. The number of aliphatic hydroxyl groups is 1. The summed E-state index contributed by atoms with van der Waals surface area (Å²) in [6, 6.07) is 3.57. The Bertz CT molecular complexity index is 362. The largest absolute Gasteiger partial charge is 0.380 e. The van der Waals surface area contributed by atoms with Crippen LogP contribution in [0.2, 0.25) is 0 Å². The molecule has 16 heavy (non-hydrogen) atoms. The minimum Gasteiger partial charge on any atom is -0.380 e. The average Bonchev–Trinajstić information content (AvgIpc) is 2.23. The Morgan fingerprint density at radius 2 is 1.81 bits per heavy atom. The van der Waals surface area contributed by atoms with Crippen LogP contribution >= 0.6 is 0 Å². The lowest BCUT2D eigenvalue weighted by Crippen LogP contribution is -2.40. The van der Waals surface area contributed by atoms with Crippen LogP contribution in [0.4, 0.5) is 8.78 Å². The van der Waals surface area contributed by atoms with Crippen LogP contribution < -0.4 is 0 Å². The highest BCUT2D eigenvalue weighted by atomic mass is 19.2. The van der Waals surface area contributed by atoms with E-state index < -0.39 is 23.5 Å². The standard InChI is InChI=1S/C11H14F2O3/c1-11(14,10(15-2)16-3)7-5-4-6-8(12)9(7)13/h4-6,10,14H,1-3H3. The molecule has 5 heteroatoms. The summed E-state index contributed by atoms with van der Waals surface area (Å²) < 4.78 is 36.2. The second-order valence-corrected chi connectivity index (χ2v) is 3.55. The van der Waals surface area contributed by atoms with Gasteiger partial charge in [-0.05, 0) is 13.0 Å². The Morgan fingerprint density at radius 1 is 1.25 bits per heavy atom. The fraction of sp³-hybridized carbons (Fsp3) is 0.455. The Morgan fingerprint density at radius 3 is 2.31 bits per heavy atom. The minimum atomic E-state index is -1.77. The molecule has 3 nitrogen and oxygen atoms in total. The van der Waals surface area contributed by atoms with Crippen molar-refractivity contribution >= 4 is 0 Å². The molecule has 0 heterocycles. The van der Waals surface area contributed by atoms with E-state index >= 15 is 0 Å². The van der Waals surface area contributed by atoms with Crippen LogP contribution in [0.1, 0.15) is 12.5 Å². The molecule has 1 unspecified atom stereocenters. The lowest BCUT2D eigenvalue weighted by Gasteiger charge is -2.31. The van der Waals surface area contributed by atoms with Gasteiger partial charge in [0.2, 0.25) is 0 Å². The summed E-state index contributed by atoms with van der Waals surface area (Å²) in [4.78, 5) is 0. The topological polar surface area (TPSA) is 38.7 Å². The summed E-state index contributed by atoms with van der Waals surface area (Å²) in [5, 5.41) is 10.1. The maximum atomic E-state index is 13.5. The first-order chi connectivity index (χ1) is 7.45. The molecule has 1 atom stereocenters. The second kappa shape index (κ2) is 4.86. The molecule has 0 aliphatic carbocycles. The molecule has 0 fully saturated rings. The molecule has 0 amide bonds. The minimum absolute atomic E-state index is 0.207. The highest BCUT2D eigenvalue weighted by Gasteiger charge is 2.37. The molecule has 0 spiro atoms. The van der Waals surface area contributed by atoms with Gasteiger partial charge in [-0.1, -0.05) is 12.1 Å². The average molecular weight is 232 g/mol. The molecule has 1 aromatic rings. The van der Waals surface area contributed by atoms with E-state index in [0.29, 0.717) is 0 Å². The molecule has 0 aliphatic rings. The number of methoxy groups -OCH3 is 2. The summed E-state index contributed by atoms with van der Waals surface area (Å²) >= 11 is 0. The van der Waals surface area contributed by atoms with E-state index in [0.717, 1.165) is 6.07 Å². The van der Waals surface area contributed by atoms with Crippen LogP contribution in [0.5, 0.6) is 0 Å². The molecule has 0 bridgehead atoms. The molecule has 0 radical (unpaired) electrons. The normalized spacial score (nSPS) is 15.2. The summed E-state index contributed by atoms with van der Waals surface area (Å²) in [7, 11) is 2.61. The van der Waals surface area contributed by atoms with Crippen molar-refractivity contribution in [2.24, 2.45) is 0 Å². The lowest BCUT2D eigenvalue weighted by molar-refractivity contribution is -0.214. The van der Waals surface area contributed by atoms with Crippen molar-refractivity contribution in [3.63, 3.8) is 0 Å². The van der Waals surface area contributed by atoms with Crippen LogP contribution in [0.25, 0.3) is 0 Å². The van der Waals surface area contributed by atoms with Gasteiger partial charge in [0.15, 0.2) is 17.9 Å². The monoisotopic (exact) mass is 232 g/mol. The van der Waals surface area contributed by atoms with Crippen molar-refractivity contribution < 1.29 is 23.4 Å². The maximum absolute atomic E-state index is 13.5. The maximum Gasteiger partial charge on any atom is 0.189 e. The van der Waals surface area contributed by atoms with Crippen molar-refractivity contribution in [1.29, 1.82) is 0 Å². The van der Waals surface area contributed by atoms with Gasteiger partial charge in [0.1, 0.15) is 5.60 Å². The van der Waals surface area contributed by atoms with E-state index in [1.807, 2.05) is 0 Å². The van der Waals surface area contributed by atoms with Gasteiger partial charge in [-0.15, -0.1) is 0 Å². The second-order valence-electron chi connectivity index (χ2n) is 3.55. The third-order valence-corrected chi connectivity index (χ3v) is 2.38. The van der Waals surface area contributed by atoms with E-state index in [9.17, 15) is 13.9 Å². The van der Waals surface area contributed by atoms with Crippen molar-refractivity contribution in [2.75, 3.05) is 14.2 Å². The predicted octanol–water partition coefficient (Wildman–Crippen LogP) is 1.79. The van der Waals surface area contributed by atoms with Crippen molar-refractivity contribution in [1.82, 2.24) is 0 Å². The molecular formula is C11H14F2O3. The molecule has 0 aromatic heterocycles. The highest BCUT2D eigenvalue weighted by Crippen LogP contribution is 2.29. The lowest BCUT2D eigenvalue weighted by atomic mass is 9.94. The molecule has 0 saturated carbocycles. The van der Waals surface area contributed by atoms with Crippen LogP contribution in [0, 0.1) is 11.6 Å². The van der Waals surface area contributed by atoms with Crippen LogP contribution in [-0.2, 0) is 15.1 Å². The molecule has 90 valence electrons. The molecule has 0 aliphatic heterocycles. The molecule has 1 aromatic carbocycles. The van der Waals surface area contributed by atoms with Crippen molar-refractivity contribution in [3.05, 3.63) is 35.4 Å². The summed E-state index contributed by atoms with van der Waals surface area (Å²) in [5.41, 5.74) is -1.98. The van der Waals surface area contributed by atoms with E-state index in [1.165, 1.54) is 33.3 Å². The molecular weight excluding hydrogens is 218 g/mol. The molecule has 1 rings (SSSR count). The summed E-state index contributed by atoms with van der Waals surface area (Å²) in [5.74, 6) is -2.13. The fourth-order valence-electron chi connectivity index (χ4n) is 1.58. The fourth-order valence-corrected chi connectivity index (χ4v) is 1.58. The van der Waals surface area contributed by atoms with Gasteiger partial charge in [0.05, 0.1) is 0 Å². The zero-order chi connectivity index (χ0) is 12.3. The number of benzene rings is 1.